The van der Waals surface area contributed by atoms with Crippen molar-refractivity contribution in [2.75, 3.05) is 6.61 Å². The van der Waals surface area contributed by atoms with E-state index in [-0.39, 0.29) is 11.9 Å². The second-order valence-electron chi connectivity index (χ2n) is 4.39. The molecule has 19 heavy (non-hydrogen) atoms. The predicted octanol–water partition coefficient (Wildman–Crippen LogP) is 2.92. The summed E-state index contributed by atoms with van der Waals surface area (Å²) in [7, 11) is 0. The molecule has 4 nitrogen and oxygen atoms in total. The van der Waals surface area contributed by atoms with Crippen LogP contribution < -0.4 is 5.32 Å². The fraction of sp³-hybridized carbons (Fsp3) is 0.467. The first-order valence-corrected chi connectivity index (χ1v) is 6.66. The molecule has 0 aliphatic rings. The second kappa shape index (κ2) is 7.56. The maximum Gasteiger partial charge on any atom is 0.291 e. The van der Waals surface area contributed by atoms with Crippen molar-refractivity contribution in [3.05, 3.63) is 35.4 Å². The summed E-state index contributed by atoms with van der Waals surface area (Å²) >= 11 is 0. The van der Waals surface area contributed by atoms with Crippen molar-refractivity contribution >= 4 is 11.9 Å². The molecule has 1 amide bonds. The number of aliphatic imine (C=N–C) groups is 1. The summed E-state index contributed by atoms with van der Waals surface area (Å²) in [6.45, 7) is 8.27. The smallest absolute Gasteiger partial charge is 0.291 e. The van der Waals surface area contributed by atoms with Crippen molar-refractivity contribution in [2.45, 2.75) is 40.2 Å². The lowest BCUT2D eigenvalue weighted by Gasteiger charge is -2.12. The molecule has 0 heterocycles. The average Bonchev–Trinajstić information content (AvgIpc) is 2.39. The Morgan fingerprint density at radius 1 is 1.37 bits per heavy atom. The van der Waals surface area contributed by atoms with Gasteiger partial charge >= 0.3 is 0 Å². The van der Waals surface area contributed by atoms with Crippen molar-refractivity contribution in [3.8, 4) is 0 Å². The predicted molar refractivity (Wildman–Crippen MR) is 77.5 cm³/mol. The van der Waals surface area contributed by atoms with Crippen LogP contribution in [0.3, 0.4) is 0 Å². The molecule has 0 aromatic heterocycles. The van der Waals surface area contributed by atoms with E-state index in [4.69, 9.17) is 4.74 Å². The van der Waals surface area contributed by atoms with Crippen LogP contribution in [0.5, 0.6) is 0 Å². The van der Waals surface area contributed by atoms with Crippen LogP contribution in [0.1, 0.15) is 43.1 Å². The number of carbonyl (C=O) groups excluding carboxylic acids is 1. The standard InChI is InChI=1S/C15H22N2O2/c1-5-12(4)16-15(19-6-2)17-14(18)13-10-8-7-9-11(13)3/h7-10,12H,5-6H2,1-4H3,(H,16,17,18). The molecule has 0 aliphatic heterocycles. The fourth-order valence-electron chi connectivity index (χ4n) is 1.53. The topological polar surface area (TPSA) is 50.7 Å². The van der Waals surface area contributed by atoms with Gasteiger partial charge in [-0.05, 0) is 38.8 Å². The van der Waals surface area contributed by atoms with Gasteiger partial charge in [0, 0.05) is 5.56 Å². The highest BCUT2D eigenvalue weighted by molar-refractivity contribution is 6.04. The number of hydrogen-bond acceptors (Lipinski definition) is 3. The second-order valence-corrected chi connectivity index (χ2v) is 4.39. The van der Waals surface area contributed by atoms with E-state index in [1.165, 1.54) is 0 Å². The third-order valence-electron chi connectivity index (χ3n) is 2.82. The molecular formula is C15H22N2O2. The molecule has 1 aromatic rings. The van der Waals surface area contributed by atoms with E-state index in [9.17, 15) is 4.79 Å². The molecule has 1 rings (SSSR count). The van der Waals surface area contributed by atoms with E-state index in [1.54, 1.807) is 6.07 Å². The Labute approximate surface area is 114 Å². The maximum atomic E-state index is 12.1. The van der Waals surface area contributed by atoms with Crippen molar-refractivity contribution < 1.29 is 9.53 Å². The van der Waals surface area contributed by atoms with Crippen LogP contribution in [-0.4, -0.2) is 24.6 Å². The van der Waals surface area contributed by atoms with Gasteiger partial charge in [0.05, 0.1) is 12.6 Å². The first-order chi connectivity index (χ1) is 9.08. The highest BCUT2D eigenvalue weighted by atomic mass is 16.5. The average molecular weight is 262 g/mol. The summed E-state index contributed by atoms with van der Waals surface area (Å²) in [5, 5.41) is 2.73. The van der Waals surface area contributed by atoms with Gasteiger partial charge in [0.25, 0.3) is 11.9 Å². The van der Waals surface area contributed by atoms with Crippen molar-refractivity contribution in [3.63, 3.8) is 0 Å². The first-order valence-electron chi connectivity index (χ1n) is 6.66. The Hall–Kier alpha value is -1.84. The zero-order valence-electron chi connectivity index (χ0n) is 12.1. The zero-order valence-corrected chi connectivity index (χ0v) is 12.1. The third-order valence-corrected chi connectivity index (χ3v) is 2.82. The summed E-state index contributed by atoms with van der Waals surface area (Å²) in [5.74, 6) is -0.186. The third kappa shape index (κ3) is 4.73. The lowest BCUT2D eigenvalue weighted by molar-refractivity contribution is 0.0965. The minimum atomic E-state index is -0.186. The molecular weight excluding hydrogens is 240 g/mol. The number of amidine groups is 1. The number of ether oxygens (including phenoxy) is 1. The molecule has 0 aliphatic carbocycles. The number of hydrogen-bond donors (Lipinski definition) is 1. The lowest BCUT2D eigenvalue weighted by atomic mass is 10.1. The summed E-state index contributed by atoms with van der Waals surface area (Å²) in [6.07, 6.45) is 0.900. The molecule has 0 spiro atoms. The van der Waals surface area contributed by atoms with E-state index in [0.717, 1.165) is 12.0 Å². The number of aryl methyl sites for hydroxylation is 1. The van der Waals surface area contributed by atoms with Crippen molar-refractivity contribution in [2.24, 2.45) is 4.99 Å². The normalized spacial score (nSPS) is 12.9. The van der Waals surface area contributed by atoms with E-state index >= 15 is 0 Å². The first kappa shape index (κ1) is 15.2. The Morgan fingerprint density at radius 3 is 2.63 bits per heavy atom. The van der Waals surface area contributed by atoms with Crippen LogP contribution in [0.15, 0.2) is 29.3 Å². The monoisotopic (exact) mass is 262 g/mol. The molecule has 1 unspecified atom stereocenters. The molecule has 1 aromatic carbocycles. The largest absolute Gasteiger partial charge is 0.465 e. The minimum absolute atomic E-state index is 0.124. The van der Waals surface area contributed by atoms with E-state index in [2.05, 4.69) is 10.3 Å². The van der Waals surface area contributed by atoms with Gasteiger partial charge in [-0.15, -0.1) is 0 Å². The summed E-state index contributed by atoms with van der Waals surface area (Å²) in [6, 6.07) is 7.86. The van der Waals surface area contributed by atoms with Gasteiger partial charge in [0.1, 0.15) is 0 Å². The van der Waals surface area contributed by atoms with Crippen molar-refractivity contribution in [1.82, 2.24) is 5.32 Å². The summed E-state index contributed by atoms with van der Waals surface area (Å²) in [5.41, 5.74) is 1.57. The maximum absolute atomic E-state index is 12.1. The summed E-state index contributed by atoms with van der Waals surface area (Å²) < 4.78 is 5.36. The number of amides is 1. The summed E-state index contributed by atoms with van der Waals surface area (Å²) in [4.78, 5) is 16.5. The van der Waals surface area contributed by atoms with Crippen LogP contribution in [-0.2, 0) is 4.74 Å². The van der Waals surface area contributed by atoms with Crippen LogP contribution in [0.25, 0.3) is 0 Å². The van der Waals surface area contributed by atoms with Crippen LogP contribution in [0.2, 0.25) is 0 Å². The zero-order chi connectivity index (χ0) is 14.3. The SMILES string of the molecule is CCOC(=NC(C)CC)NC(=O)c1ccccc1C. The van der Waals surface area contributed by atoms with E-state index in [0.29, 0.717) is 18.2 Å². The van der Waals surface area contributed by atoms with Gasteiger partial charge in [-0.3, -0.25) is 10.1 Å². The van der Waals surface area contributed by atoms with Crippen LogP contribution in [0, 0.1) is 6.92 Å². The molecule has 0 saturated heterocycles. The molecule has 0 radical (unpaired) electrons. The highest BCUT2D eigenvalue weighted by Crippen LogP contribution is 2.06. The quantitative estimate of drug-likeness (QED) is 0.670. The molecule has 104 valence electrons. The van der Waals surface area contributed by atoms with Crippen molar-refractivity contribution in [1.29, 1.82) is 0 Å². The highest BCUT2D eigenvalue weighted by Gasteiger charge is 2.12. The number of nitrogens with zero attached hydrogens (tertiary/aromatic N) is 1. The van der Waals surface area contributed by atoms with Gasteiger partial charge < -0.3 is 4.74 Å². The number of carbonyl (C=O) groups is 1. The Balaban J connectivity index is 2.83. The Kier molecular flexibility index (Phi) is 6.06. The van der Waals surface area contributed by atoms with Crippen LogP contribution >= 0.6 is 0 Å². The minimum Gasteiger partial charge on any atom is -0.465 e. The lowest BCUT2D eigenvalue weighted by Crippen LogP contribution is -2.33. The molecule has 0 fully saturated rings. The van der Waals surface area contributed by atoms with E-state index < -0.39 is 0 Å². The number of nitrogens with one attached hydrogen (secondary N) is 1. The van der Waals surface area contributed by atoms with Gasteiger partial charge in [-0.25, -0.2) is 4.99 Å². The fourth-order valence-corrected chi connectivity index (χ4v) is 1.53. The molecule has 0 saturated carbocycles. The van der Waals surface area contributed by atoms with Crippen LogP contribution in [0.4, 0.5) is 0 Å². The van der Waals surface area contributed by atoms with Gasteiger partial charge in [0.2, 0.25) is 0 Å². The number of rotatable bonds is 4. The Bertz CT molecular complexity index is 455. The molecule has 4 heteroatoms. The Morgan fingerprint density at radius 2 is 2.05 bits per heavy atom. The van der Waals surface area contributed by atoms with Gasteiger partial charge in [0.15, 0.2) is 0 Å². The van der Waals surface area contributed by atoms with Gasteiger partial charge in [-0.1, -0.05) is 25.1 Å². The molecule has 0 bridgehead atoms. The number of benzene rings is 1. The molecule has 1 atom stereocenters. The van der Waals surface area contributed by atoms with E-state index in [1.807, 2.05) is 45.9 Å². The molecule has 1 N–H and O–H groups in total. The van der Waals surface area contributed by atoms with Gasteiger partial charge in [-0.2, -0.15) is 0 Å².